The Morgan fingerprint density at radius 1 is 1.04 bits per heavy atom. The molecule has 2 aromatic carbocycles. The number of methoxy groups -OCH3 is 1. The van der Waals surface area contributed by atoms with Crippen LogP contribution in [0.2, 0.25) is 0 Å². The highest BCUT2D eigenvalue weighted by Gasteiger charge is 2.33. The maximum absolute atomic E-state index is 13.0. The topological polar surface area (TPSA) is 55.4 Å². The van der Waals surface area contributed by atoms with Gasteiger partial charge in [-0.1, -0.05) is 13.8 Å². The first kappa shape index (κ1) is 17.5. The predicted molar refractivity (Wildman–Crippen MR) is 106 cm³/mol. The smallest absolute Gasteiger partial charge is 0.210 e. The average Bonchev–Trinajstić information content (AvgIpc) is 2.65. The molecule has 4 heteroatoms. The summed E-state index contributed by atoms with van der Waals surface area (Å²) >= 11 is 0. The first-order valence-electron chi connectivity index (χ1n) is 9.28. The molecular formula is C23H23NO3. The second kappa shape index (κ2) is 6.38. The van der Waals surface area contributed by atoms with Crippen LogP contribution >= 0.6 is 0 Å². The Labute approximate surface area is 159 Å². The zero-order valence-electron chi connectivity index (χ0n) is 15.9. The zero-order valence-corrected chi connectivity index (χ0v) is 15.9. The van der Waals surface area contributed by atoms with Crippen molar-refractivity contribution in [2.45, 2.75) is 38.5 Å². The van der Waals surface area contributed by atoms with Gasteiger partial charge in [0.05, 0.1) is 12.8 Å². The van der Waals surface area contributed by atoms with Gasteiger partial charge in [-0.3, -0.25) is 9.59 Å². The molecule has 0 aliphatic heterocycles. The highest BCUT2D eigenvalue weighted by molar-refractivity contribution is 6.25. The van der Waals surface area contributed by atoms with Crippen molar-refractivity contribution >= 4 is 17.3 Å². The highest BCUT2D eigenvalue weighted by Crippen LogP contribution is 2.39. The van der Waals surface area contributed by atoms with Gasteiger partial charge in [-0.2, -0.15) is 0 Å². The minimum Gasteiger partial charge on any atom is -0.497 e. The van der Waals surface area contributed by atoms with Crippen LogP contribution in [0.3, 0.4) is 0 Å². The largest absolute Gasteiger partial charge is 0.497 e. The number of carbonyl (C=O) groups is 2. The molecule has 2 aliphatic carbocycles. The van der Waals surface area contributed by atoms with Crippen LogP contribution in [0.5, 0.6) is 5.75 Å². The van der Waals surface area contributed by atoms with Gasteiger partial charge in [0.1, 0.15) is 5.75 Å². The van der Waals surface area contributed by atoms with E-state index >= 15 is 0 Å². The monoisotopic (exact) mass is 361 g/mol. The molecule has 4 rings (SSSR count). The third kappa shape index (κ3) is 3.05. The van der Waals surface area contributed by atoms with E-state index in [0.717, 1.165) is 30.7 Å². The molecule has 27 heavy (non-hydrogen) atoms. The SMILES string of the molecule is COc1ccc(NC2=CC(=O)c3cc4c(cc3C2=O)CCCC4(C)C)cc1. The van der Waals surface area contributed by atoms with Crippen LogP contribution in [-0.4, -0.2) is 18.7 Å². The normalized spacial score (nSPS) is 17.7. The van der Waals surface area contributed by atoms with Crippen molar-refractivity contribution in [2.75, 3.05) is 12.4 Å². The van der Waals surface area contributed by atoms with Crippen molar-refractivity contribution in [3.05, 3.63) is 70.4 Å². The van der Waals surface area contributed by atoms with E-state index < -0.39 is 0 Å². The molecule has 0 heterocycles. The fourth-order valence-electron chi connectivity index (χ4n) is 4.07. The number of carbonyl (C=O) groups excluding carboxylic acids is 2. The molecule has 0 amide bonds. The predicted octanol–water partition coefficient (Wildman–Crippen LogP) is 4.68. The quantitative estimate of drug-likeness (QED) is 0.862. The van der Waals surface area contributed by atoms with Gasteiger partial charge < -0.3 is 10.1 Å². The number of hydrogen-bond donors (Lipinski definition) is 1. The van der Waals surface area contributed by atoms with Gasteiger partial charge in [0, 0.05) is 22.9 Å². The van der Waals surface area contributed by atoms with Crippen molar-refractivity contribution in [2.24, 2.45) is 0 Å². The van der Waals surface area contributed by atoms with Gasteiger partial charge in [0.15, 0.2) is 5.78 Å². The Bertz CT molecular complexity index is 968. The second-order valence-electron chi connectivity index (χ2n) is 7.90. The van der Waals surface area contributed by atoms with E-state index in [1.165, 1.54) is 17.2 Å². The molecule has 1 N–H and O–H groups in total. The number of hydrogen-bond acceptors (Lipinski definition) is 4. The summed E-state index contributed by atoms with van der Waals surface area (Å²) in [5.41, 5.74) is 4.52. The summed E-state index contributed by atoms with van der Waals surface area (Å²) in [6.07, 6.45) is 4.57. The molecule has 0 saturated carbocycles. The van der Waals surface area contributed by atoms with Crippen molar-refractivity contribution < 1.29 is 14.3 Å². The Hall–Kier alpha value is -2.88. The van der Waals surface area contributed by atoms with Gasteiger partial charge in [-0.25, -0.2) is 0 Å². The van der Waals surface area contributed by atoms with Crippen molar-refractivity contribution in [3.63, 3.8) is 0 Å². The number of fused-ring (bicyclic) bond motifs is 2. The number of rotatable bonds is 3. The number of ether oxygens (including phenoxy) is 1. The molecule has 2 aromatic rings. The summed E-state index contributed by atoms with van der Waals surface area (Å²) in [4.78, 5) is 25.8. The lowest BCUT2D eigenvalue weighted by molar-refractivity contribution is 0.0985. The summed E-state index contributed by atoms with van der Waals surface area (Å²) in [5.74, 6) is 0.483. The van der Waals surface area contributed by atoms with Crippen molar-refractivity contribution in [1.29, 1.82) is 0 Å². The van der Waals surface area contributed by atoms with Gasteiger partial charge in [0.2, 0.25) is 5.78 Å². The second-order valence-corrected chi connectivity index (χ2v) is 7.90. The number of benzene rings is 2. The third-order valence-corrected chi connectivity index (χ3v) is 5.62. The zero-order chi connectivity index (χ0) is 19.2. The molecule has 0 atom stereocenters. The van der Waals surface area contributed by atoms with E-state index in [0.29, 0.717) is 16.8 Å². The Morgan fingerprint density at radius 3 is 2.48 bits per heavy atom. The number of aryl methyl sites for hydroxylation is 1. The maximum Gasteiger partial charge on any atom is 0.210 e. The van der Waals surface area contributed by atoms with Gasteiger partial charge in [-0.05, 0) is 72.2 Å². The van der Waals surface area contributed by atoms with E-state index in [9.17, 15) is 9.59 Å². The average molecular weight is 361 g/mol. The van der Waals surface area contributed by atoms with Crippen LogP contribution in [0.1, 0.15) is 58.5 Å². The van der Waals surface area contributed by atoms with Crippen LogP contribution in [0.4, 0.5) is 5.69 Å². The number of nitrogens with one attached hydrogen (secondary N) is 1. The van der Waals surface area contributed by atoms with Crippen LogP contribution in [0, 0.1) is 0 Å². The first-order chi connectivity index (χ1) is 12.9. The lowest BCUT2D eigenvalue weighted by Gasteiger charge is -2.34. The molecule has 0 unspecified atom stereocenters. The molecule has 4 nitrogen and oxygen atoms in total. The number of Topliss-reactive ketones (excluding diaryl/α,β-unsaturated/α-hetero) is 1. The summed E-state index contributed by atoms with van der Waals surface area (Å²) in [5, 5.41) is 3.08. The Morgan fingerprint density at radius 2 is 1.78 bits per heavy atom. The molecule has 138 valence electrons. The summed E-state index contributed by atoms with van der Waals surface area (Å²) < 4.78 is 5.15. The van der Waals surface area contributed by atoms with E-state index in [4.69, 9.17) is 4.74 Å². The fraction of sp³-hybridized carbons (Fsp3) is 0.304. The molecular weight excluding hydrogens is 338 g/mol. The van der Waals surface area contributed by atoms with Gasteiger partial charge in [0.25, 0.3) is 0 Å². The van der Waals surface area contributed by atoms with Gasteiger partial charge >= 0.3 is 0 Å². The van der Waals surface area contributed by atoms with E-state index in [1.807, 2.05) is 36.4 Å². The van der Waals surface area contributed by atoms with Crippen LogP contribution < -0.4 is 10.1 Å². The fourth-order valence-corrected chi connectivity index (χ4v) is 4.07. The lowest BCUT2D eigenvalue weighted by atomic mass is 9.71. The minimum absolute atomic E-state index is 0.0390. The van der Waals surface area contributed by atoms with E-state index in [-0.39, 0.29) is 17.0 Å². The molecule has 0 aromatic heterocycles. The van der Waals surface area contributed by atoms with Gasteiger partial charge in [-0.15, -0.1) is 0 Å². The van der Waals surface area contributed by atoms with Crippen molar-refractivity contribution in [3.8, 4) is 5.75 Å². The number of allylic oxidation sites excluding steroid dienone is 2. The van der Waals surface area contributed by atoms with E-state index in [1.54, 1.807) is 7.11 Å². The molecule has 0 spiro atoms. The van der Waals surface area contributed by atoms with Crippen LogP contribution in [0.15, 0.2) is 48.2 Å². The molecule has 0 fully saturated rings. The van der Waals surface area contributed by atoms with Crippen molar-refractivity contribution in [1.82, 2.24) is 0 Å². The number of anilines is 1. The van der Waals surface area contributed by atoms with E-state index in [2.05, 4.69) is 19.2 Å². The first-order valence-corrected chi connectivity index (χ1v) is 9.28. The van der Waals surface area contributed by atoms with Crippen LogP contribution in [0.25, 0.3) is 0 Å². The molecule has 2 aliphatic rings. The lowest BCUT2D eigenvalue weighted by Crippen LogP contribution is -2.27. The maximum atomic E-state index is 13.0. The van der Waals surface area contributed by atoms with Crippen LogP contribution in [-0.2, 0) is 11.8 Å². The number of ketones is 2. The minimum atomic E-state index is -0.133. The standard InChI is InChI=1S/C23H23NO3/c1-23(2)10-4-5-14-11-18-17(12-19(14)23)21(25)13-20(22(18)26)24-15-6-8-16(27-3)9-7-15/h6-9,11-13,24H,4-5,10H2,1-3H3. The molecule has 0 saturated heterocycles. The molecule has 0 radical (unpaired) electrons. The summed E-state index contributed by atoms with van der Waals surface area (Å²) in [6, 6.07) is 11.2. The summed E-state index contributed by atoms with van der Waals surface area (Å²) in [6.45, 7) is 4.41. The molecule has 0 bridgehead atoms. The highest BCUT2D eigenvalue weighted by atomic mass is 16.5. The Balaban J connectivity index is 1.69. The Kier molecular flexibility index (Phi) is 4.14. The summed E-state index contributed by atoms with van der Waals surface area (Å²) in [7, 11) is 1.60. The third-order valence-electron chi connectivity index (χ3n) is 5.62.